The summed E-state index contributed by atoms with van der Waals surface area (Å²) in [5, 5.41) is 3.03. The number of ether oxygens (including phenoxy) is 3. The Morgan fingerprint density at radius 2 is 1.82 bits per heavy atom. The van der Waals surface area contributed by atoms with Crippen LogP contribution in [0.2, 0.25) is 0 Å². The molecule has 8 heteroatoms. The molecule has 2 aliphatic rings. The fourth-order valence-electron chi connectivity index (χ4n) is 4.36. The zero-order valence-electron chi connectivity index (χ0n) is 20.2. The molecule has 184 valence electrons. The molecule has 0 spiro atoms. The van der Waals surface area contributed by atoms with Gasteiger partial charge in [0, 0.05) is 32.0 Å². The lowest BCUT2D eigenvalue weighted by Crippen LogP contribution is -2.38. The van der Waals surface area contributed by atoms with E-state index in [2.05, 4.69) is 5.32 Å². The number of carbonyl (C=O) groups is 3. The summed E-state index contributed by atoms with van der Waals surface area (Å²) in [7, 11) is 2.91. The first-order chi connectivity index (χ1) is 16.4. The first-order valence-electron chi connectivity index (χ1n) is 11.8. The number of amides is 2. The number of methoxy groups -OCH3 is 2. The summed E-state index contributed by atoms with van der Waals surface area (Å²) in [6, 6.07) is 7.30. The van der Waals surface area contributed by atoms with Crippen molar-refractivity contribution in [3.05, 3.63) is 46.7 Å². The molecule has 1 fully saturated rings. The van der Waals surface area contributed by atoms with E-state index in [0.717, 1.165) is 31.2 Å². The Labute approximate surface area is 200 Å². The highest BCUT2D eigenvalue weighted by molar-refractivity contribution is 6.16. The van der Waals surface area contributed by atoms with Gasteiger partial charge in [0.05, 0.1) is 18.3 Å². The fraction of sp³-hybridized carbons (Fsp3) is 0.500. The van der Waals surface area contributed by atoms with Crippen LogP contribution in [0.5, 0.6) is 5.75 Å². The lowest BCUT2D eigenvalue weighted by molar-refractivity contribution is -0.136. The van der Waals surface area contributed by atoms with Gasteiger partial charge in [-0.1, -0.05) is 31.4 Å². The average Bonchev–Trinajstić information content (AvgIpc) is 3.08. The molecule has 0 bridgehead atoms. The Balaban J connectivity index is 1.66. The van der Waals surface area contributed by atoms with E-state index in [9.17, 15) is 14.4 Å². The Bertz CT molecular complexity index is 945. The number of carbonyl (C=O) groups excluding carboxylic acids is 3. The molecule has 1 aromatic rings. The SMILES string of the molecule is COCCCN1C(=O)/C(=C\c2ccc(OCC(=O)NC3CCCCC3)cc2)C(C(=O)OC)=C1C. The maximum atomic E-state index is 13.1. The van der Waals surface area contributed by atoms with E-state index in [0.29, 0.717) is 36.6 Å². The second kappa shape index (κ2) is 12.4. The van der Waals surface area contributed by atoms with Crippen LogP contribution in [0.1, 0.15) is 51.0 Å². The summed E-state index contributed by atoms with van der Waals surface area (Å²) in [5.41, 5.74) is 1.87. The number of hydrogen-bond acceptors (Lipinski definition) is 6. The van der Waals surface area contributed by atoms with Gasteiger partial charge in [-0.15, -0.1) is 0 Å². The number of hydrogen-bond donors (Lipinski definition) is 1. The molecule has 8 nitrogen and oxygen atoms in total. The van der Waals surface area contributed by atoms with E-state index in [-0.39, 0.29) is 30.0 Å². The molecule has 1 N–H and O–H groups in total. The number of nitrogens with one attached hydrogen (secondary N) is 1. The molecule has 1 saturated carbocycles. The van der Waals surface area contributed by atoms with Gasteiger partial charge in [-0.2, -0.15) is 0 Å². The van der Waals surface area contributed by atoms with E-state index in [4.69, 9.17) is 14.2 Å². The summed E-state index contributed by atoms with van der Waals surface area (Å²) in [6.45, 7) is 2.67. The van der Waals surface area contributed by atoms with E-state index in [1.807, 2.05) is 0 Å². The van der Waals surface area contributed by atoms with Crippen molar-refractivity contribution in [2.75, 3.05) is 34.0 Å². The van der Waals surface area contributed by atoms with Crippen molar-refractivity contribution >= 4 is 23.9 Å². The van der Waals surface area contributed by atoms with Crippen molar-refractivity contribution in [2.24, 2.45) is 0 Å². The highest BCUT2D eigenvalue weighted by Gasteiger charge is 2.36. The number of benzene rings is 1. The number of esters is 1. The van der Waals surface area contributed by atoms with Gasteiger partial charge in [0.2, 0.25) is 0 Å². The highest BCUT2D eigenvalue weighted by Crippen LogP contribution is 2.32. The average molecular weight is 471 g/mol. The van der Waals surface area contributed by atoms with Crippen LogP contribution in [-0.4, -0.2) is 62.7 Å². The van der Waals surface area contributed by atoms with Crippen LogP contribution >= 0.6 is 0 Å². The van der Waals surface area contributed by atoms with Crippen LogP contribution in [0, 0.1) is 0 Å². The topological polar surface area (TPSA) is 94.2 Å². The molecular weight excluding hydrogens is 436 g/mol. The lowest BCUT2D eigenvalue weighted by Gasteiger charge is -2.22. The normalized spacial score (nSPS) is 17.9. The van der Waals surface area contributed by atoms with Crippen LogP contribution in [-0.2, 0) is 23.9 Å². The lowest BCUT2D eigenvalue weighted by atomic mass is 9.95. The summed E-state index contributed by atoms with van der Waals surface area (Å²) < 4.78 is 15.6. The van der Waals surface area contributed by atoms with Gasteiger partial charge in [-0.25, -0.2) is 4.79 Å². The van der Waals surface area contributed by atoms with Crippen LogP contribution < -0.4 is 10.1 Å². The van der Waals surface area contributed by atoms with Gasteiger partial charge in [0.15, 0.2) is 6.61 Å². The molecule has 1 aromatic carbocycles. The molecule has 2 amide bonds. The molecule has 34 heavy (non-hydrogen) atoms. The molecular formula is C26H34N2O6. The van der Waals surface area contributed by atoms with Gasteiger partial charge in [0.1, 0.15) is 5.75 Å². The Kier molecular flexibility index (Phi) is 9.27. The number of nitrogens with zero attached hydrogens (tertiary/aromatic N) is 1. The smallest absolute Gasteiger partial charge is 0.340 e. The minimum Gasteiger partial charge on any atom is -0.484 e. The second-order valence-electron chi connectivity index (χ2n) is 8.57. The van der Waals surface area contributed by atoms with E-state index >= 15 is 0 Å². The van der Waals surface area contributed by atoms with Crippen LogP contribution in [0.25, 0.3) is 6.08 Å². The van der Waals surface area contributed by atoms with Crippen LogP contribution in [0.3, 0.4) is 0 Å². The van der Waals surface area contributed by atoms with Crippen molar-refractivity contribution in [1.82, 2.24) is 10.2 Å². The number of allylic oxidation sites excluding steroid dienone is 1. The Morgan fingerprint density at radius 3 is 2.47 bits per heavy atom. The van der Waals surface area contributed by atoms with Gasteiger partial charge in [-0.3, -0.25) is 9.59 Å². The predicted molar refractivity (Wildman–Crippen MR) is 128 cm³/mol. The fourth-order valence-corrected chi connectivity index (χ4v) is 4.36. The second-order valence-corrected chi connectivity index (χ2v) is 8.57. The first-order valence-corrected chi connectivity index (χ1v) is 11.8. The molecule has 3 rings (SSSR count). The molecule has 0 atom stereocenters. The molecule has 0 radical (unpaired) electrons. The minimum absolute atomic E-state index is 0.0414. The zero-order valence-corrected chi connectivity index (χ0v) is 20.2. The Morgan fingerprint density at radius 1 is 1.12 bits per heavy atom. The highest BCUT2D eigenvalue weighted by atomic mass is 16.5. The van der Waals surface area contributed by atoms with E-state index in [1.54, 1.807) is 49.3 Å². The van der Waals surface area contributed by atoms with Gasteiger partial charge in [-0.05, 0) is 50.0 Å². The van der Waals surface area contributed by atoms with Crippen LogP contribution in [0.4, 0.5) is 0 Å². The molecule has 0 saturated heterocycles. The third kappa shape index (κ3) is 6.47. The quantitative estimate of drug-likeness (QED) is 0.321. The largest absolute Gasteiger partial charge is 0.484 e. The summed E-state index contributed by atoms with van der Waals surface area (Å²) in [6.07, 6.45) is 7.93. The van der Waals surface area contributed by atoms with Gasteiger partial charge in [0.25, 0.3) is 11.8 Å². The first kappa shape index (κ1) is 25.5. The van der Waals surface area contributed by atoms with Crippen LogP contribution in [0.15, 0.2) is 41.1 Å². The monoisotopic (exact) mass is 470 g/mol. The molecule has 1 aliphatic heterocycles. The maximum Gasteiger partial charge on any atom is 0.340 e. The minimum atomic E-state index is -0.546. The van der Waals surface area contributed by atoms with Gasteiger partial charge < -0.3 is 24.4 Å². The summed E-state index contributed by atoms with van der Waals surface area (Å²) in [5.74, 6) is -0.352. The summed E-state index contributed by atoms with van der Waals surface area (Å²) >= 11 is 0. The van der Waals surface area contributed by atoms with Crippen molar-refractivity contribution in [3.63, 3.8) is 0 Å². The van der Waals surface area contributed by atoms with E-state index < -0.39 is 5.97 Å². The molecule has 1 heterocycles. The number of rotatable bonds is 10. The molecule has 0 unspecified atom stereocenters. The van der Waals surface area contributed by atoms with Gasteiger partial charge >= 0.3 is 5.97 Å². The summed E-state index contributed by atoms with van der Waals surface area (Å²) in [4.78, 5) is 39.2. The van der Waals surface area contributed by atoms with Crippen molar-refractivity contribution < 1.29 is 28.6 Å². The molecule has 1 aliphatic carbocycles. The maximum absolute atomic E-state index is 13.1. The Hall–Kier alpha value is -3.13. The van der Waals surface area contributed by atoms with Crippen molar-refractivity contribution in [1.29, 1.82) is 0 Å². The third-order valence-electron chi connectivity index (χ3n) is 6.16. The molecule has 0 aromatic heterocycles. The standard InChI is InChI=1S/C26H34N2O6/c1-18-24(26(31)33-3)22(25(30)28(18)14-7-15-32-2)16-19-10-12-21(13-11-19)34-17-23(29)27-20-8-5-4-6-9-20/h10-13,16,20H,4-9,14-15,17H2,1-3H3,(H,27,29)/b22-16-. The van der Waals surface area contributed by atoms with E-state index in [1.165, 1.54) is 13.5 Å². The predicted octanol–water partition coefficient (Wildman–Crippen LogP) is 3.22. The third-order valence-corrected chi connectivity index (χ3v) is 6.16. The zero-order chi connectivity index (χ0) is 24.5. The van der Waals surface area contributed by atoms with Crippen molar-refractivity contribution in [3.8, 4) is 5.75 Å². The van der Waals surface area contributed by atoms with Crippen molar-refractivity contribution in [2.45, 2.75) is 51.5 Å².